The van der Waals surface area contributed by atoms with E-state index < -0.39 is 10.2 Å². The van der Waals surface area contributed by atoms with E-state index in [2.05, 4.69) is 0 Å². The van der Waals surface area contributed by atoms with Crippen LogP contribution in [0.4, 0.5) is 0 Å². The van der Waals surface area contributed by atoms with E-state index in [0.29, 0.717) is 19.0 Å². The van der Waals surface area contributed by atoms with Crippen LogP contribution in [0.3, 0.4) is 0 Å². The van der Waals surface area contributed by atoms with Gasteiger partial charge in [-0.15, -0.1) is 0 Å². The zero-order valence-electron chi connectivity index (χ0n) is 8.97. The molecule has 2 N–H and O–H groups in total. The molecule has 0 aromatic carbocycles. The van der Waals surface area contributed by atoms with E-state index in [-0.39, 0.29) is 6.04 Å². The Bertz CT molecular complexity index is 289. The molecule has 14 heavy (non-hydrogen) atoms. The number of nitrogens with zero attached hydrogens (tertiary/aromatic N) is 2. The molecule has 1 aliphatic heterocycles. The first-order valence-corrected chi connectivity index (χ1v) is 6.20. The lowest BCUT2D eigenvalue weighted by Gasteiger charge is -2.27. The van der Waals surface area contributed by atoms with Crippen LogP contribution in [0.5, 0.6) is 0 Å². The first kappa shape index (κ1) is 11.9. The highest BCUT2D eigenvalue weighted by atomic mass is 32.2. The van der Waals surface area contributed by atoms with Crippen molar-refractivity contribution in [1.82, 2.24) is 8.61 Å². The quantitative estimate of drug-likeness (QED) is 0.696. The molecule has 2 atom stereocenters. The molecule has 0 aromatic heterocycles. The molecule has 1 saturated heterocycles. The Hall–Kier alpha value is -0.170. The van der Waals surface area contributed by atoms with Crippen LogP contribution in [-0.4, -0.2) is 50.3 Å². The molecule has 6 heteroatoms. The Morgan fingerprint density at radius 2 is 2.07 bits per heavy atom. The third-order valence-corrected chi connectivity index (χ3v) is 4.80. The summed E-state index contributed by atoms with van der Waals surface area (Å²) in [6.07, 6.45) is 0.898. The molecule has 0 spiro atoms. The van der Waals surface area contributed by atoms with Crippen molar-refractivity contribution in [3.05, 3.63) is 0 Å². The molecule has 0 aromatic rings. The minimum atomic E-state index is -3.28. The molecule has 2 unspecified atom stereocenters. The second-order valence-corrected chi connectivity index (χ2v) is 6.06. The lowest BCUT2D eigenvalue weighted by Crippen LogP contribution is -2.46. The summed E-state index contributed by atoms with van der Waals surface area (Å²) in [5, 5.41) is 0. The van der Waals surface area contributed by atoms with Crippen molar-refractivity contribution in [3.63, 3.8) is 0 Å². The van der Waals surface area contributed by atoms with Gasteiger partial charge in [-0.3, -0.25) is 0 Å². The van der Waals surface area contributed by atoms with E-state index in [9.17, 15) is 8.42 Å². The van der Waals surface area contributed by atoms with Crippen molar-refractivity contribution in [3.8, 4) is 0 Å². The fourth-order valence-corrected chi connectivity index (χ4v) is 3.21. The van der Waals surface area contributed by atoms with Gasteiger partial charge in [-0.2, -0.15) is 17.0 Å². The Kier molecular flexibility index (Phi) is 3.52. The molecule has 0 amide bonds. The third kappa shape index (κ3) is 1.93. The van der Waals surface area contributed by atoms with Crippen molar-refractivity contribution >= 4 is 10.2 Å². The van der Waals surface area contributed by atoms with Crippen LogP contribution >= 0.6 is 0 Å². The number of hydrogen-bond donors (Lipinski definition) is 1. The van der Waals surface area contributed by atoms with Gasteiger partial charge in [0.2, 0.25) is 0 Å². The minimum Gasteiger partial charge on any atom is -0.329 e. The molecule has 84 valence electrons. The second kappa shape index (κ2) is 4.14. The van der Waals surface area contributed by atoms with E-state index in [1.54, 1.807) is 14.1 Å². The highest BCUT2D eigenvalue weighted by molar-refractivity contribution is 7.86. The Labute approximate surface area is 86.0 Å². The largest absolute Gasteiger partial charge is 0.329 e. The van der Waals surface area contributed by atoms with Gasteiger partial charge in [0.15, 0.2) is 0 Å². The Morgan fingerprint density at radius 1 is 1.50 bits per heavy atom. The van der Waals surface area contributed by atoms with Gasteiger partial charge in [0, 0.05) is 33.2 Å². The summed E-state index contributed by atoms with van der Waals surface area (Å²) < 4.78 is 26.4. The summed E-state index contributed by atoms with van der Waals surface area (Å²) >= 11 is 0. The van der Waals surface area contributed by atoms with Crippen molar-refractivity contribution in [2.24, 2.45) is 11.7 Å². The predicted molar refractivity (Wildman–Crippen MR) is 55.9 cm³/mol. The minimum absolute atomic E-state index is 0.0394. The van der Waals surface area contributed by atoms with Crippen molar-refractivity contribution in [1.29, 1.82) is 0 Å². The topological polar surface area (TPSA) is 66.6 Å². The maximum atomic E-state index is 11.8. The third-order valence-electron chi connectivity index (χ3n) is 2.83. The number of nitrogens with two attached hydrogens (primary N) is 1. The lowest BCUT2D eigenvalue weighted by molar-refractivity contribution is 0.332. The van der Waals surface area contributed by atoms with E-state index in [1.807, 2.05) is 6.92 Å². The zero-order chi connectivity index (χ0) is 10.9. The van der Waals surface area contributed by atoms with Crippen LogP contribution < -0.4 is 5.73 Å². The maximum Gasteiger partial charge on any atom is 0.281 e. The smallest absolute Gasteiger partial charge is 0.281 e. The normalized spacial score (nSPS) is 30.1. The summed E-state index contributed by atoms with van der Waals surface area (Å²) in [4.78, 5) is 0. The molecule has 0 bridgehead atoms. The molecular weight excluding hydrogens is 202 g/mol. The standard InChI is InChI=1S/C8H19N3O2S/c1-7-4-5-11(8(7)6-9)14(12,13)10(2)3/h7-8H,4-6,9H2,1-3H3. The van der Waals surface area contributed by atoms with E-state index in [1.165, 1.54) is 8.61 Å². The van der Waals surface area contributed by atoms with Gasteiger partial charge in [-0.1, -0.05) is 6.92 Å². The molecule has 1 heterocycles. The van der Waals surface area contributed by atoms with Gasteiger partial charge in [-0.25, -0.2) is 0 Å². The van der Waals surface area contributed by atoms with Crippen LogP contribution in [0.15, 0.2) is 0 Å². The molecule has 5 nitrogen and oxygen atoms in total. The fraction of sp³-hybridized carbons (Fsp3) is 1.00. The zero-order valence-corrected chi connectivity index (χ0v) is 9.79. The Morgan fingerprint density at radius 3 is 2.50 bits per heavy atom. The first-order valence-electron chi connectivity index (χ1n) is 4.80. The number of rotatable bonds is 3. The van der Waals surface area contributed by atoms with Crippen molar-refractivity contribution in [2.75, 3.05) is 27.2 Å². The highest BCUT2D eigenvalue weighted by Crippen LogP contribution is 2.26. The first-order chi connectivity index (χ1) is 6.41. The lowest BCUT2D eigenvalue weighted by atomic mass is 10.0. The predicted octanol–water partition coefficient (Wildman–Crippen LogP) is -0.538. The SMILES string of the molecule is CC1CCN(S(=O)(=O)N(C)C)C1CN. The summed E-state index contributed by atoms with van der Waals surface area (Å²) in [6.45, 7) is 3.03. The van der Waals surface area contributed by atoms with Gasteiger partial charge in [0.05, 0.1) is 0 Å². The molecule has 1 rings (SSSR count). The average Bonchev–Trinajstić information content (AvgIpc) is 2.46. The number of hydrogen-bond acceptors (Lipinski definition) is 3. The molecule has 0 aliphatic carbocycles. The molecule has 0 saturated carbocycles. The summed E-state index contributed by atoms with van der Waals surface area (Å²) in [5.41, 5.74) is 5.59. The summed E-state index contributed by atoms with van der Waals surface area (Å²) in [6, 6.07) is -0.0394. The van der Waals surface area contributed by atoms with Crippen molar-refractivity contribution < 1.29 is 8.42 Å². The molecule has 1 fully saturated rings. The van der Waals surface area contributed by atoms with Gasteiger partial charge < -0.3 is 5.73 Å². The van der Waals surface area contributed by atoms with Crippen LogP contribution in [-0.2, 0) is 10.2 Å². The van der Waals surface area contributed by atoms with Crippen LogP contribution in [0, 0.1) is 5.92 Å². The molecule has 1 aliphatic rings. The summed E-state index contributed by atoms with van der Waals surface area (Å²) in [5.74, 6) is 0.356. The van der Waals surface area contributed by atoms with Gasteiger partial charge in [0.25, 0.3) is 10.2 Å². The van der Waals surface area contributed by atoms with Crippen LogP contribution in [0.1, 0.15) is 13.3 Å². The van der Waals surface area contributed by atoms with Crippen molar-refractivity contribution in [2.45, 2.75) is 19.4 Å². The monoisotopic (exact) mass is 221 g/mol. The van der Waals surface area contributed by atoms with E-state index >= 15 is 0 Å². The Balaban J connectivity index is 2.89. The maximum absolute atomic E-state index is 11.8. The summed E-state index contributed by atoms with van der Waals surface area (Å²) in [7, 11) is -0.189. The van der Waals surface area contributed by atoms with Gasteiger partial charge in [-0.05, 0) is 12.3 Å². The fourth-order valence-electron chi connectivity index (χ4n) is 1.82. The van der Waals surface area contributed by atoms with E-state index in [4.69, 9.17) is 5.73 Å². The van der Waals surface area contributed by atoms with Crippen LogP contribution in [0.2, 0.25) is 0 Å². The van der Waals surface area contributed by atoms with Crippen LogP contribution in [0.25, 0.3) is 0 Å². The highest BCUT2D eigenvalue weighted by Gasteiger charge is 2.38. The average molecular weight is 221 g/mol. The van der Waals surface area contributed by atoms with E-state index in [0.717, 1.165) is 6.42 Å². The second-order valence-electron chi connectivity index (χ2n) is 3.97. The molecule has 0 radical (unpaired) electrons. The molecular formula is C8H19N3O2S. The van der Waals surface area contributed by atoms with Gasteiger partial charge >= 0.3 is 0 Å². The van der Waals surface area contributed by atoms with Gasteiger partial charge in [0.1, 0.15) is 0 Å².